The second-order valence-corrected chi connectivity index (χ2v) is 9.40. The summed E-state index contributed by atoms with van der Waals surface area (Å²) in [6, 6.07) is 6.87. The molecule has 0 aromatic carbocycles. The van der Waals surface area contributed by atoms with Gasteiger partial charge in [-0.25, -0.2) is 8.42 Å². The second kappa shape index (κ2) is 7.31. The molecule has 136 valence electrons. The average molecular weight is 383 g/mol. The second-order valence-electron chi connectivity index (χ2n) is 6.29. The zero-order chi connectivity index (χ0) is 18.0. The lowest BCUT2D eigenvalue weighted by Gasteiger charge is -2.30. The van der Waals surface area contributed by atoms with Gasteiger partial charge in [0.05, 0.1) is 6.04 Å². The number of hydrogen-bond donors (Lipinski definition) is 1. The summed E-state index contributed by atoms with van der Waals surface area (Å²) >= 11 is 1.22. The minimum absolute atomic E-state index is 0.0466. The number of hydrogen-bond acceptors (Lipinski definition) is 5. The Labute approximate surface area is 151 Å². The highest BCUT2D eigenvalue weighted by Gasteiger charge is 2.33. The molecule has 3 rings (SSSR count). The van der Waals surface area contributed by atoms with Gasteiger partial charge in [0.25, 0.3) is 10.0 Å². The van der Waals surface area contributed by atoms with Crippen LogP contribution < -0.4 is 5.32 Å². The molecule has 0 radical (unpaired) electrons. The Balaban J connectivity index is 1.56. The third-order valence-corrected chi connectivity index (χ3v) is 7.73. The zero-order valence-electron chi connectivity index (χ0n) is 14.3. The van der Waals surface area contributed by atoms with Crippen molar-refractivity contribution >= 4 is 27.3 Å². The van der Waals surface area contributed by atoms with E-state index < -0.39 is 10.0 Å². The van der Waals surface area contributed by atoms with Crippen molar-refractivity contribution in [3.8, 4) is 0 Å². The first-order valence-electron chi connectivity index (χ1n) is 8.28. The number of aryl methyl sites for hydroxylation is 1. The highest BCUT2D eigenvalue weighted by Crippen LogP contribution is 2.27. The van der Waals surface area contributed by atoms with E-state index in [0.29, 0.717) is 30.1 Å². The monoisotopic (exact) mass is 382 g/mol. The summed E-state index contributed by atoms with van der Waals surface area (Å²) in [5.41, 5.74) is 0. The zero-order valence-corrected chi connectivity index (χ0v) is 15.9. The highest BCUT2D eigenvalue weighted by molar-refractivity contribution is 7.91. The fraction of sp³-hybridized carbons (Fsp3) is 0.471. The number of rotatable bonds is 5. The third-order valence-electron chi connectivity index (χ3n) is 4.46. The summed E-state index contributed by atoms with van der Waals surface area (Å²) in [4.78, 5) is 12.5. The van der Waals surface area contributed by atoms with Crippen LogP contribution >= 0.6 is 11.3 Å². The van der Waals surface area contributed by atoms with E-state index in [1.54, 1.807) is 17.5 Å². The maximum absolute atomic E-state index is 12.5. The third kappa shape index (κ3) is 3.96. The van der Waals surface area contributed by atoms with Crippen molar-refractivity contribution in [2.24, 2.45) is 5.92 Å². The minimum Gasteiger partial charge on any atom is -0.464 e. The van der Waals surface area contributed by atoms with E-state index in [0.717, 1.165) is 11.5 Å². The number of carbonyl (C=O) groups is 1. The number of nitrogens with zero attached hydrogens (tertiary/aromatic N) is 1. The van der Waals surface area contributed by atoms with Gasteiger partial charge in [0.15, 0.2) is 0 Å². The Hall–Kier alpha value is -1.64. The molecule has 1 aliphatic heterocycles. The van der Waals surface area contributed by atoms with E-state index in [1.165, 1.54) is 15.6 Å². The van der Waals surface area contributed by atoms with Crippen LogP contribution in [-0.4, -0.2) is 31.7 Å². The topological polar surface area (TPSA) is 79.6 Å². The quantitative estimate of drug-likeness (QED) is 0.862. The van der Waals surface area contributed by atoms with E-state index in [1.807, 2.05) is 26.0 Å². The number of carbonyl (C=O) groups excluding carboxylic acids is 1. The van der Waals surface area contributed by atoms with E-state index in [9.17, 15) is 13.2 Å². The molecule has 8 heteroatoms. The van der Waals surface area contributed by atoms with Gasteiger partial charge in [-0.05, 0) is 50.3 Å². The van der Waals surface area contributed by atoms with Crippen LogP contribution in [0.1, 0.15) is 37.3 Å². The highest BCUT2D eigenvalue weighted by atomic mass is 32.2. The Bertz CT molecular complexity index is 819. The Morgan fingerprint density at radius 3 is 2.60 bits per heavy atom. The minimum atomic E-state index is -3.43. The van der Waals surface area contributed by atoms with Crippen molar-refractivity contribution in [1.82, 2.24) is 9.62 Å². The lowest BCUT2D eigenvalue weighted by molar-refractivity contribution is -0.126. The molecule has 2 aromatic rings. The first kappa shape index (κ1) is 18.2. The van der Waals surface area contributed by atoms with Crippen molar-refractivity contribution in [2.45, 2.75) is 36.9 Å². The summed E-state index contributed by atoms with van der Waals surface area (Å²) in [5.74, 6) is 1.31. The smallest absolute Gasteiger partial charge is 0.252 e. The molecular formula is C17H22N2O4S2. The van der Waals surface area contributed by atoms with E-state index in [4.69, 9.17) is 4.42 Å². The molecule has 1 aliphatic rings. The van der Waals surface area contributed by atoms with E-state index in [2.05, 4.69) is 5.32 Å². The van der Waals surface area contributed by atoms with Crippen LogP contribution in [0.2, 0.25) is 0 Å². The maximum atomic E-state index is 12.5. The van der Waals surface area contributed by atoms with Gasteiger partial charge in [0.1, 0.15) is 15.7 Å². The molecule has 1 atom stereocenters. The number of piperidine rings is 1. The van der Waals surface area contributed by atoms with Crippen LogP contribution in [0, 0.1) is 12.8 Å². The molecule has 1 saturated heterocycles. The number of nitrogens with one attached hydrogen (secondary N) is 1. The van der Waals surface area contributed by atoms with E-state index in [-0.39, 0.29) is 17.9 Å². The maximum Gasteiger partial charge on any atom is 0.252 e. The van der Waals surface area contributed by atoms with Crippen molar-refractivity contribution in [3.63, 3.8) is 0 Å². The Morgan fingerprint density at radius 1 is 1.32 bits per heavy atom. The van der Waals surface area contributed by atoms with Crippen LogP contribution in [0.25, 0.3) is 0 Å². The van der Waals surface area contributed by atoms with Gasteiger partial charge < -0.3 is 9.73 Å². The number of thiophene rings is 1. The van der Waals surface area contributed by atoms with Gasteiger partial charge in [-0.1, -0.05) is 6.07 Å². The van der Waals surface area contributed by atoms with Crippen molar-refractivity contribution in [3.05, 3.63) is 41.2 Å². The molecule has 25 heavy (non-hydrogen) atoms. The molecule has 1 amide bonds. The predicted molar refractivity (Wildman–Crippen MR) is 95.8 cm³/mol. The van der Waals surface area contributed by atoms with Crippen LogP contribution in [0.4, 0.5) is 0 Å². The summed E-state index contributed by atoms with van der Waals surface area (Å²) in [6.45, 7) is 4.48. The van der Waals surface area contributed by atoms with Crippen LogP contribution in [0.5, 0.6) is 0 Å². The van der Waals surface area contributed by atoms with Crippen molar-refractivity contribution in [1.29, 1.82) is 0 Å². The lowest BCUT2D eigenvalue weighted by atomic mass is 9.97. The fourth-order valence-electron chi connectivity index (χ4n) is 2.98. The molecule has 0 bridgehead atoms. The summed E-state index contributed by atoms with van der Waals surface area (Å²) in [7, 11) is -3.43. The Kier molecular flexibility index (Phi) is 5.31. The van der Waals surface area contributed by atoms with Crippen molar-refractivity contribution < 1.29 is 17.6 Å². The molecule has 0 saturated carbocycles. The molecule has 0 spiro atoms. The Morgan fingerprint density at radius 2 is 2.04 bits per heavy atom. The number of amides is 1. The van der Waals surface area contributed by atoms with Crippen LogP contribution in [0.3, 0.4) is 0 Å². The first-order chi connectivity index (χ1) is 11.9. The van der Waals surface area contributed by atoms with E-state index >= 15 is 0 Å². The molecule has 2 aromatic heterocycles. The first-order valence-corrected chi connectivity index (χ1v) is 10.6. The molecule has 1 fully saturated rings. The summed E-state index contributed by atoms with van der Waals surface area (Å²) in [6.07, 6.45) is 1.06. The van der Waals surface area contributed by atoms with Gasteiger partial charge in [-0.3, -0.25) is 4.79 Å². The van der Waals surface area contributed by atoms with Gasteiger partial charge in [0, 0.05) is 19.0 Å². The molecule has 3 heterocycles. The molecule has 1 unspecified atom stereocenters. The largest absolute Gasteiger partial charge is 0.464 e. The van der Waals surface area contributed by atoms with Gasteiger partial charge >= 0.3 is 0 Å². The van der Waals surface area contributed by atoms with Gasteiger partial charge in [0.2, 0.25) is 5.91 Å². The number of sulfonamides is 1. The van der Waals surface area contributed by atoms with Crippen LogP contribution in [-0.2, 0) is 14.8 Å². The average Bonchev–Trinajstić information content (AvgIpc) is 3.26. The fourth-order valence-corrected chi connectivity index (χ4v) is 5.60. The summed E-state index contributed by atoms with van der Waals surface area (Å²) in [5, 5.41) is 4.72. The summed E-state index contributed by atoms with van der Waals surface area (Å²) < 4.78 is 32.4. The normalized spacial score (nSPS) is 18.2. The standard InChI is InChI=1S/C17H22N2O4S2/c1-12-5-6-15(23-12)13(2)18-17(20)14-7-9-19(10-8-14)25(21,22)16-4-3-11-24-16/h3-6,11,13-14H,7-10H2,1-2H3,(H,18,20). The van der Waals surface area contributed by atoms with Gasteiger partial charge in [-0.15, -0.1) is 11.3 Å². The SMILES string of the molecule is Cc1ccc(C(C)NC(=O)C2CCN(S(=O)(=O)c3cccs3)CC2)o1. The van der Waals surface area contributed by atoms with Crippen LogP contribution in [0.15, 0.2) is 38.3 Å². The predicted octanol–water partition coefficient (Wildman–Crippen LogP) is 2.93. The lowest BCUT2D eigenvalue weighted by Crippen LogP contribution is -2.43. The van der Waals surface area contributed by atoms with Crippen molar-refractivity contribution in [2.75, 3.05) is 13.1 Å². The number of furan rings is 1. The molecule has 6 nitrogen and oxygen atoms in total. The molecular weight excluding hydrogens is 360 g/mol. The molecule has 1 N–H and O–H groups in total. The molecule has 0 aliphatic carbocycles. The van der Waals surface area contributed by atoms with Gasteiger partial charge in [-0.2, -0.15) is 4.31 Å².